The van der Waals surface area contributed by atoms with Crippen molar-refractivity contribution in [3.63, 3.8) is 0 Å². The van der Waals surface area contributed by atoms with Gasteiger partial charge >= 0.3 is 0 Å². The van der Waals surface area contributed by atoms with Gasteiger partial charge in [0.1, 0.15) is 5.15 Å². The Kier molecular flexibility index (Phi) is 2.54. The Labute approximate surface area is 91.0 Å². The Balaban J connectivity index is 2.56. The molecule has 2 aromatic rings. The van der Waals surface area contributed by atoms with E-state index in [1.807, 2.05) is 12.1 Å². The minimum Gasteiger partial charge on any atom is -0.326 e. The summed E-state index contributed by atoms with van der Waals surface area (Å²) in [5.74, 6) is 0. The molecule has 0 fully saturated rings. The van der Waals surface area contributed by atoms with Crippen molar-refractivity contribution in [2.45, 2.75) is 0 Å². The summed E-state index contributed by atoms with van der Waals surface area (Å²) in [6, 6.07) is 5.72. The molecule has 0 amide bonds. The quantitative estimate of drug-likeness (QED) is 0.797. The third kappa shape index (κ3) is 1.66. The Morgan fingerprint density at radius 3 is 3.07 bits per heavy atom. The van der Waals surface area contributed by atoms with Crippen LogP contribution in [0.1, 0.15) is 4.88 Å². The zero-order valence-electron chi connectivity index (χ0n) is 7.46. The van der Waals surface area contributed by atoms with Gasteiger partial charge in [0.05, 0.1) is 10.2 Å². The molecule has 2 N–H and O–H groups in total. The predicted octanol–water partition coefficient (Wildman–Crippen LogP) is 2.92. The van der Waals surface area contributed by atoms with Gasteiger partial charge in [0.15, 0.2) is 0 Å². The van der Waals surface area contributed by atoms with Crippen molar-refractivity contribution < 1.29 is 0 Å². The summed E-state index contributed by atoms with van der Waals surface area (Å²) in [6.45, 7) is 4.36. The first-order chi connectivity index (χ1) is 6.70. The molecule has 2 aromatic heterocycles. The molecule has 2 rings (SSSR count). The highest BCUT2D eigenvalue weighted by Gasteiger charge is 2.05. The highest BCUT2D eigenvalue weighted by Crippen LogP contribution is 2.29. The summed E-state index contributed by atoms with van der Waals surface area (Å²) in [5, 5.41) is 0.514. The number of hydrogen-bond donors (Lipinski definition) is 1. The van der Waals surface area contributed by atoms with Crippen molar-refractivity contribution in [2.24, 2.45) is 5.73 Å². The number of thiophene rings is 1. The maximum absolute atomic E-state index is 5.79. The van der Waals surface area contributed by atoms with Gasteiger partial charge in [-0.1, -0.05) is 18.2 Å². The second kappa shape index (κ2) is 3.69. The van der Waals surface area contributed by atoms with Crippen molar-refractivity contribution in [1.29, 1.82) is 0 Å². The number of nitrogens with zero attached hydrogens (tertiary/aromatic N) is 1. The van der Waals surface area contributed by atoms with E-state index >= 15 is 0 Å². The Hall–Kier alpha value is -0.900. The molecule has 4 heteroatoms. The number of nitrogens with two attached hydrogens (primary N) is 1. The summed E-state index contributed by atoms with van der Waals surface area (Å²) >= 11 is 7.43. The Morgan fingerprint density at radius 2 is 2.36 bits per heavy atom. The molecule has 0 aliphatic heterocycles. The van der Waals surface area contributed by atoms with E-state index in [9.17, 15) is 0 Å². The van der Waals surface area contributed by atoms with Crippen molar-refractivity contribution in [3.8, 4) is 0 Å². The van der Waals surface area contributed by atoms with Crippen LogP contribution in [0.15, 0.2) is 24.8 Å². The normalized spacial score (nSPS) is 10.7. The maximum Gasteiger partial charge on any atom is 0.129 e. The first-order valence-electron chi connectivity index (χ1n) is 4.15. The molecule has 0 aliphatic rings. The van der Waals surface area contributed by atoms with Gasteiger partial charge in [-0.25, -0.2) is 4.98 Å². The van der Waals surface area contributed by atoms with Crippen LogP contribution in [0.3, 0.4) is 0 Å². The first-order valence-corrected chi connectivity index (χ1v) is 5.34. The molecular formula is C10H9ClN2S. The maximum atomic E-state index is 5.79. The summed E-state index contributed by atoms with van der Waals surface area (Å²) in [4.78, 5) is 5.29. The smallest absolute Gasteiger partial charge is 0.129 e. The van der Waals surface area contributed by atoms with E-state index < -0.39 is 0 Å². The van der Waals surface area contributed by atoms with E-state index in [4.69, 9.17) is 17.3 Å². The molecular weight excluding hydrogens is 216 g/mol. The topological polar surface area (TPSA) is 38.9 Å². The molecule has 0 saturated carbocycles. The number of fused-ring (bicyclic) bond motifs is 1. The van der Waals surface area contributed by atoms with Crippen LogP contribution in [0.4, 0.5) is 0 Å². The molecule has 0 aromatic carbocycles. The summed E-state index contributed by atoms with van der Waals surface area (Å²) in [5.41, 5.74) is 7.36. The van der Waals surface area contributed by atoms with E-state index in [1.54, 1.807) is 17.4 Å². The lowest BCUT2D eigenvalue weighted by atomic mass is 10.2. The molecule has 0 radical (unpaired) electrons. The van der Waals surface area contributed by atoms with Crippen LogP contribution in [0, 0.1) is 0 Å². The number of pyridine rings is 1. The SMILES string of the molecule is C=C(CN)c1cc2nc(Cl)ccc2s1. The third-order valence-corrected chi connectivity index (χ3v) is 3.34. The molecule has 0 bridgehead atoms. The van der Waals surface area contributed by atoms with E-state index in [0.717, 1.165) is 20.7 Å². The van der Waals surface area contributed by atoms with Crippen molar-refractivity contribution >= 4 is 38.7 Å². The molecule has 0 spiro atoms. The van der Waals surface area contributed by atoms with Crippen LogP contribution in [-0.4, -0.2) is 11.5 Å². The first kappa shape index (κ1) is 9.65. The molecule has 2 heterocycles. The van der Waals surface area contributed by atoms with Gasteiger partial charge in [0, 0.05) is 11.4 Å². The lowest BCUT2D eigenvalue weighted by Gasteiger charge is -1.93. The summed E-state index contributed by atoms with van der Waals surface area (Å²) in [6.07, 6.45) is 0. The third-order valence-electron chi connectivity index (χ3n) is 1.93. The Bertz CT molecular complexity index is 490. The molecule has 0 aliphatic carbocycles. The standard InChI is InChI=1S/C10H9ClN2S/c1-6(5-12)9-4-7-8(14-9)2-3-10(11)13-7/h2-4H,1,5,12H2. The zero-order valence-corrected chi connectivity index (χ0v) is 9.03. The fourth-order valence-corrected chi connectivity index (χ4v) is 2.31. The van der Waals surface area contributed by atoms with E-state index in [-0.39, 0.29) is 0 Å². The van der Waals surface area contributed by atoms with Gasteiger partial charge in [-0.05, 0) is 23.8 Å². The summed E-state index contributed by atoms with van der Waals surface area (Å²) < 4.78 is 1.11. The van der Waals surface area contributed by atoms with Crippen molar-refractivity contribution in [2.75, 3.05) is 6.54 Å². The predicted molar refractivity (Wildman–Crippen MR) is 62.7 cm³/mol. The van der Waals surface area contributed by atoms with Crippen LogP contribution in [0.2, 0.25) is 5.15 Å². The van der Waals surface area contributed by atoms with Crippen LogP contribution in [-0.2, 0) is 0 Å². The highest BCUT2D eigenvalue weighted by molar-refractivity contribution is 7.20. The number of hydrogen-bond acceptors (Lipinski definition) is 3. The highest BCUT2D eigenvalue weighted by atomic mass is 35.5. The fraction of sp³-hybridized carbons (Fsp3) is 0.100. The van der Waals surface area contributed by atoms with E-state index in [0.29, 0.717) is 11.7 Å². The molecule has 0 atom stereocenters. The van der Waals surface area contributed by atoms with Gasteiger partial charge in [-0.15, -0.1) is 11.3 Å². The number of rotatable bonds is 2. The lowest BCUT2D eigenvalue weighted by molar-refractivity contribution is 1.28. The van der Waals surface area contributed by atoms with Gasteiger partial charge in [0.25, 0.3) is 0 Å². The second-order valence-corrected chi connectivity index (χ2v) is 4.41. The van der Waals surface area contributed by atoms with Gasteiger partial charge in [-0.2, -0.15) is 0 Å². The van der Waals surface area contributed by atoms with Gasteiger partial charge in [0.2, 0.25) is 0 Å². The van der Waals surface area contributed by atoms with Crippen molar-refractivity contribution in [1.82, 2.24) is 4.98 Å². The zero-order chi connectivity index (χ0) is 10.1. The van der Waals surface area contributed by atoms with E-state index in [2.05, 4.69) is 11.6 Å². The summed E-state index contributed by atoms with van der Waals surface area (Å²) in [7, 11) is 0. The minimum atomic E-state index is 0.473. The largest absolute Gasteiger partial charge is 0.326 e. The van der Waals surface area contributed by atoms with Crippen LogP contribution in [0.25, 0.3) is 15.8 Å². The van der Waals surface area contributed by atoms with Crippen LogP contribution >= 0.6 is 22.9 Å². The lowest BCUT2D eigenvalue weighted by Crippen LogP contribution is -1.98. The molecule has 0 unspecified atom stereocenters. The van der Waals surface area contributed by atoms with E-state index in [1.165, 1.54) is 0 Å². The van der Waals surface area contributed by atoms with Crippen LogP contribution in [0.5, 0.6) is 0 Å². The monoisotopic (exact) mass is 224 g/mol. The molecule has 2 nitrogen and oxygen atoms in total. The van der Waals surface area contributed by atoms with Gasteiger partial charge in [-0.3, -0.25) is 0 Å². The van der Waals surface area contributed by atoms with Crippen molar-refractivity contribution in [3.05, 3.63) is 34.8 Å². The van der Waals surface area contributed by atoms with Gasteiger partial charge < -0.3 is 5.73 Å². The number of aromatic nitrogens is 1. The molecule has 0 saturated heterocycles. The Morgan fingerprint density at radius 1 is 1.57 bits per heavy atom. The fourth-order valence-electron chi connectivity index (χ4n) is 1.17. The number of halogens is 1. The molecule has 72 valence electrons. The molecule has 14 heavy (non-hydrogen) atoms. The average Bonchev–Trinajstić information content (AvgIpc) is 2.59. The second-order valence-electron chi connectivity index (χ2n) is 2.94. The van der Waals surface area contributed by atoms with Crippen LogP contribution < -0.4 is 5.73 Å². The average molecular weight is 225 g/mol. The minimum absolute atomic E-state index is 0.473.